The third-order valence-corrected chi connectivity index (χ3v) is 4.50. The number of piperidine rings is 1. The van der Waals surface area contributed by atoms with E-state index in [0.717, 1.165) is 36.1 Å². The Bertz CT molecular complexity index is 862. The standard InChI is InChI=1S/C19H19N3O3/c23-19(17-11-20-6-7-21-17)22-8-1-2-14(12-22)13-25-16-3-4-18-15(10-16)5-9-24-18/h3-7,9-11,14H,1-2,8,12-13H2. The van der Waals surface area contributed by atoms with E-state index in [1.807, 2.05) is 29.2 Å². The first-order chi connectivity index (χ1) is 12.3. The lowest BCUT2D eigenvalue weighted by atomic mass is 9.98. The van der Waals surface area contributed by atoms with Crippen molar-refractivity contribution in [1.29, 1.82) is 0 Å². The quantitative estimate of drug-likeness (QED) is 0.731. The summed E-state index contributed by atoms with van der Waals surface area (Å²) < 4.78 is 11.3. The average molecular weight is 337 g/mol. The smallest absolute Gasteiger partial charge is 0.274 e. The van der Waals surface area contributed by atoms with Crippen LogP contribution in [0.3, 0.4) is 0 Å². The van der Waals surface area contributed by atoms with Gasteiger partial charge in [0.1, 0.15) is 17.0 Å². The van der Waals surface area contributed by atoms with Crippen LogP contribution in [0.25, 0.3) is 11.0 Å². The van der Waals surface area contributed by atoms with Crippen molar-refractivity contribution in [2.24, 2.45) is 5.92 Å². The van der Waals surface area contributed by atoms with Crippen molar-refractivity contribution in [3.8, 4) is 5.75 Å². The Balaban J connectivity index is 1.37. The Morgan fingerprint density at radius 2 is 2.28 bits per heavy atom. The first-order valence-corrected chi connectivity index (χ1v) is 8.45. The molecule has 0 radical (unpaired) electrons. The van der Waals surface area contributed by atoms with Gasteiger partial charge in [0.2, 0.25) is 0 Å². The summed E-state index contributed by atoms with van der Waals surface area (Å²) >= 11 is 0. The highest BCUT2D eigenvalue weighted by Crippen LogP contribution is 2.24. The second-order valence-electron chi connectivity index (χ2n) is 6.28. The van der Waals surface area contributed by atoms with Crippen LogP contribution in [0.2, 0.25) is 0 Å². The van der Waals surface area contributed by atoms with Gasteiger partial charge in [0.15, 0.2) is 0 Å². The summed E-state index contributed by atoms with van der Waals surface area (Å²) in [6.07, 6.45) is 8.33. The van der Waals surface area contributed by atoms with E-state index in [0.29, 0.717) is 24.8 Å². The summed E-state index contributed by atoms with van der Waals surface area (Å²) in [4.78, 5) is 22.4. The number of aromatic nitrogens is 2. The van der Waals surface area contributed by atoms with Crippen LogP contribution in [0.4, 0.5) is 0 Å². The molecule has 1 fully saturated rings. The molecule has 1 saturated heterocycles. The lowest BCUT2D eigenvalue weighted by molar-refractivity contribution is 0.0627. The van der Waals surface area contributed by atoms with Crippen molar-refractivity contribution in [2.45, 2.75) is 12.8 Å². The predicted octanol–water partition coefficient (Wildman–Crippen LogP) is 3.15. The molecule has 1 atom stereocenters. The van der Waals surface area contributed by atoms with Gasteiger partial charge in [0, 0.05) is 36.8 Å². The highest BCUT2D eigenvalue weighted by atomic mass is 16.5. The molecule has 4 rings (SSSR count). The highest BCUT2D eigenvalue weighted by Gasteiger charge is 2.25. The molecule has 2 aromatic heterocycles. The number of nitrogens with zero attached hydrogens (tertiary/aromatic N) is 3. The predicted molar refractivity (Wildman–Crippen MR) is 92.4 cm³/mol. The maximum atomic E-state index is 12.5. The van der Waals surface area contributed by atoms with Crippen LogP contribution in [0.15, 0.2) is 53.5 Å². The van der Waals surface area contributed by atoms with Crippen molar-refractivity contribution in [2.75, 3.05) is 19.7 Å². The number of amides is 1. The first-order valence-electron chi connectivity index (χ1n) is 8.45. The highest BCUT2D eigenvalue weighted by molar-refractivity contribution is 5.92. The van der Waals surface area contributed by atoms with E-state index in [1.54, 1.807) is 18.7 Å². The minimum absolute atomic E-state index is 0.0578. The Morgan fingerprint density at radius 3 is 3.16 bits per heavy atom. The Labute approximate surface area is 145 Å². The van der Waals surface area contributed by atoms with Crippen molar-refractivity contribution in [3.05, 3.63) is 54.8 Å². The number of likely N-dealkylation sites (tertiary alicyclic amines) is 1. The molecular formula is C19H19N3O3. The monoisotopic (exact) mass is 337 g/mol. The molecule has 1 unspecified atom stereocenters. The van der Waals surface area contributed by atoms with Crippen molar-refractivity contribution in [1.82, 2.24) is 14.9 Å². The molecule has 0 spiro atoms. The number of hydrogen-bond acceptors (Lipinski definition) is 5. The Hall–Kier alpha value is -2.89. The number of ether oxygens (including phenoxy) is 1. The van der Waals surface area contributed by atoms with Crippen LogP contribution >= 0.6 is 0 Å². The summed E-state index contributed by atoms with van der Waals surface area (Å²) in [5.41, 5.74) is 1.25. The molecule has 0 bridgehead atoms. The molecule has 25 heavy (non-hydrogen) atoms. The van der Waals surface area contributed by atoms with E-state index in [9.17, 15) is 4.79 Å². The summed E-state index contributed by atoms with van der Waals surface area (Å²) in [7, 11) is 0. The molecule has 3 heterocycles. The van der Waals surface area contributed by atoms with Crippen LogP contribution in [0.5, 0.6) is 5.75 Å². The van der Waals surface area contributed by atoms with Crippen molar-refractivity contribution >= 4 is 16.9 Å². The van der Waals surface area contributed by atoms with E-state index in [2.05, 4.69) is 9.97 Å². The first kappa shape index (κ1) is 15.6. The number of carbonyl (C=O) groups is 1. The van der Waals surface area contributed by atoms with E-state index in [4.69, 9.17) is 9.15 Å². The fourth-order valence-corrected chi connectivity index (χ4v) is 3.21. The van der Waals surface area contributed by atoms with Gasteiger partial charge in [-0.3, -0.25) is 9.78 Å². The molecule has 1 aliphatic heterocycles. The van der Waals surface area contributed by atoms with Gasteiger partial charge in [0.05, 0.1) is 19.1 Å². The SMILES string of the molecule is O=C(c1cnccn1)N1CCCC(COc2ccc3occc3c2)C1. The summed E-state index contributed by atoms with van der Waals surface area (Å²) in [5, 5.41) is 1.03. The molecule has 0 aliphatic carbocycles. The number of furan rings is 1. The fourth-order valence-electron chi connectivity index (χ4n) is 3.21. The minimum atomic E-state index is -0.0578. The second-order valence-corrected chi connectivity index (χ2v) is 6.28. The summed E-state index contributed by atoms with van der Waals surface area (Å²) in [6.45, 7) is 2.03. The third-order valence-electron chi connectivity index (χ3n) is 4.50. The van der Waals surface area contributed by atoms with Crippen LogP contribution in [0, 0.1) is 5.92 Å². The molecule has 1 aliphatic rings. The molecular weight excluding hydrogens is 318 g/mol. The molecule has 1 aromatic carbocycles. The van der Waals surface area contributed by atoms with Crippen molar-refractivity contribution < 1.29 is 13.9 Å². The van der Waals surface area contributed by atoms with E-state index in [1.165, 1.54) is 6.20 Å². The van der Waals surface area contributed by atoms with Crippen LogP contribution in [-0.4, -0.2) is 40.5 Å². The van der Waals surface area contributed by atoms with Crippen molar-refractivity contribution in [3.63, 3.8) is 0 Å². The van der Waals surface area contributed by atoms with E-state index in [-0.39, 0.29) is 5.91 Å². The van der Waals surface area contributed by atoms with Gasteiger partial charge >= 0.3 is 0 Å². The number of hydrogen-bond donors (Lipinski definition) is 0. The van der Waals surface area contributed by atoms with Gasteiger partial charge in [-0.25, -0.2) is 4.98 Å². The van der Waals surface area contributed by atoms with Crippen LogP contribution < -0.4 is 4.74 Å². The molecule has 0 N–H and O–H groups in total. The lowest BCUT2D eigenvalue weighted by Crippen LogP contribution is -2.41. The number of benzene rings is 1. The van der Waals surface area contributed by atoms with E-state index < -0.39 is 0 Å². The topological polar surface area (TPSA) is 68.5 Å². The minimum Gasteiger partial charge on any atom is -0.493 e. The zero-order valence-corrected chi connectivity index (χ0v) is 13.8. The Morgan fingerprint density at radius 1 is 1.32 bits per heavy atom. The van der Waals surface area contributed by atoms with Gasteiger partial charge < -0.3 is 14.1 Å². The van der Waals surface area contributed by atoms with Crippen LogP contribution in [-0.2, 0) is 0 Å². The Kier molecular flexibility index (Phi) is 4.33. The van der Waals surface area contributed by atoms with Crippen LogP contribution in [0.1, 0.15) is 23.3 Å². The van der Waals surface area contributed by atoms with E-state index >= 15 is 0 Å². The molecule has 1 amide bonds. The largest absolute Gasteiger partial charge is 0.493 e. The maximum absolute atomic E-state index is 12.5. The third kappa shape index (κ3) is 3.47. The lowest BCUT2D eigenvalue weighted by Gasteiger charge is -2.32. The molecule has 3 aromatic rings. The van der Waals surface area contributed by atoms with Gasteiger partial charge in [-0.05, 0) is 37.1 Å². The maximum Gasteiger partial charge on any atom is 0.274 e. The number of carbonyl (C=O) groups excluding carboxylic acids is 1. The fraction of sp³-hybridized carbons (Fsp3) is 0.316. The average Bonchev–Trinajstić information content (AvgIpc) is 3.14. The number of rotatable bonds is 4. The van der Waals surface area contributed by atoms with Gasteiger partial charge in [-0.15, -0.1) is 0 Å². The zero-order valence-electron chi connectivity index (χ0n) is 13.8. The summed E-state index contributed by atoms with van der Waals surface area (Å²) in [6, 6.07) is 7.72. The summed E-state index contributed by atoms with van der Waals surface area (Å²) in [5.74, 6) is 1.08. The zero-order chi connectivity index (χ0) is 17.1. The van der Waals surface area contributed by atoms with Gasteiger partial charge in [0.25, 0.3) is 5.91 Å². The second kappa shape index (κ2) is 6.93. The molecule has 128 valence electrons. The molecule has 6 nitrogen and oxygen atoms in total. The van der Waals surface area contributed by atoms with Gasteiger partial charge in [-0.2, -0.15) is 0 Å². The molecule has 0 saturated carbocycles. The molecule has 6 heteroatoms. The number of fused-ring (bicyclic) bond motifs is 1. The van der Waals surface area contributed by atoms with Gasteiger partial charge in [-0.1, -0.05) is 0 Å². The normalized spacial score (nSPS) is 17.6.